The highest BCUT2D eigenvalue weighted by Crippen LogP contribution is 2.38. The molecule has 1 fully saturated rings. The van der Waals surface area contributed by atoms with Crippen LogP contribution in [0.15, 0.2) is 58.9 Å². The van der Waals surface area contributed by atoms with Crippen molar-refractivity contribution in [3.05, 3.63) is 81.3 Å². The van der Waals surface area contributed by atoms with Gasteiger partial charge in [-0.15, -0.1) is 36.2 Å². The Bertz CT molecular complexity index is 1160. The highest BCUT2D eigenvalue weighted by molar-refractivity contribution is 8.08. The van der Waals surface area contributed by atoms with Gasteiger partial charge in [-0.1, -0.05) is 48.2 Å². The van der Waals surface area contributed by atoms with Crippen LogP contribution in [0.25, 0.3) is 11.1 Å². The molecule has 2 aliphatic heterocycles. The lowest BCUT2D eigenvalue weighted by molar-refractivity contribution is 0.127. The number of benzene rings is 1. The van der Waals surface area contributed by atoms with E-state index >= 15 is 0 Å². The maximum absolute atomic E-state index is 4.85. The Morgan fingerprint density at radius 3 is 2.69 bits per heavy atom. The predicted octanol–water partition coefficient (Wildman–Crippen LogP) is 4.54. The van der Waals surface area contributed by atoms with Crippen molar-refractivity contribution in [1.29, 1.82) is 0 Å². The van der Waals surface area contributed by atoms with Crippen LogP contribution in [0, 0.1) is 6.92 Å². The number of likely N-dealkylation sites (N-methyl/N-ethyl adjacent to an activating group) is 1. The second-order valence-corrected chi connectivity index (χ2v) is 10.6. The summed E-state index contributed by atoms with van der Waals surface area (Å²) in [6.45, 7) is 5.39. The average Bonchev–Trinajstić information content (AvgIpc) is 3.07. The largest absolute Gasteiger partial charge is 0.366 e. The maximum Gasteiger partial charge on any atom is 0.0947 e. The van der Waals surface area contributed by atoms with Gasteiger partial charge in [0.05, 0.1) is 15.3 Å². The van der Waals surface area contributed by atoms with Crippen LogP contribution >= 0.6 is 47.9 Å². The number of rotatable bonds is 4. The molecule has 32 heavy (non-hydrogen) atoms. The number of halogens is 2. The fourth-order valence-electron chi connectivity index (χ4n) is 4.46. The summed E-state index contributed by atoms with van der Waals surface area (Å²) in [4.78, 5) is 11.4. The van der Waals surface area contributed by atoms with Crippen molar-refractivity contribution < 1.29 is 0 Å². The van der Waals surface area contributed by atoms with E-state index in [9.17, 15) is 0 Å². The lowest BCUT2D eigenvalue weighted by atomic mass is 10.0. The van der Waals surface area contributed by atoms with E-state index in [1.807, 2.05) is 35.4 Å². The Hall–Kier alpha value is -1.50. The van der Waals surface area contributed by atoms with Crippen LogP contribution in [-0.4, -0.2) is 47.5 Å². The molecular formula is C25H29Cl2N3S2. The number of fused-ring (bicyclic) bond motifs is 2. The highest BCUT2D eigenvalue weighted by Gasteiger charge is 2.29. The minimum absolute atomic E-state index is 0. The molecule has 1 saturated heterocycles. The van der Waals surface area contributed by atoms with Crippen LogP contribution in [0.5, 0.6) is 0 Å². The van der Waals surface area contributed by atoms with Gasteiger partial charge in [-0.05, 0) is 49.9 Å². The van der Waals surface area contributed by atoms with Crippen molar-refractivity contribution >= 4 is 59.0 Å². The number of piperazine rings is 1. The lowest BCUT2D eigenvalue weighted by Crippen LogP contribution is -2.52. The third-order valence-electron chi connectivity index (χ3n) is 6.13. The number of nitrogens with zero attached hydrogens (tertiary/aromatic N) is 3. The first kappa shape index (κ1) is 25.1. The summed E-state index contributed by atoms with van der Waals surface area (Å²) in [5.74, 6) is 0. The molecule has 5 rings (SSSR count). The van der Waals surface area contributed by atoms with Crippen molar-refractivity contribution in [2.24, 2.45) is 0 Å². The third-order valence-corrected chi connectivity index (χ3v) is 8.32. The molecule has 0 saturated carbocycles. The summed E-state index contributed by atoms with van der Waals surface area (Å²) in [7, 11) is 2.28. The molecule has 0 N–H and O–H groups in total. The Kier molecular flexibility index (Phi) is 8.70. The minimum atomic E-state index is 0. The third kappa shape index (κ3) is 5.18. The van der Waals surface area contributed by atoms with E-state index < -0.39 is 0 Å². The monoisotopic (exact) mass is 505 g/mol. The topological polar surface area (TPSA) is 19.4 Å². The zero-order chi connectivity index (χ0) is 20.5. The predicted molar refractivity (Wildman–Crippen MR) is 143 cm³/mol. The number of hydrogen-bond donors (Lipinski definition) is 0. The number of aromatic nitrogens is 1. The molecule has 170 valence electrons. The fourth-order valence-corrected chi connectivity index (χ4v) is 6.63. The number of pyridine rings is 1. The van der Waals surface area contributed by atoms with Crippen molar-refractivity contribution in [3.63, 3.8) is 0 Å². The Labute approximate surface area is 211 Å². The fraction of sp³-hybridized carbons (Fsp3) is 0.320. The smallest absolute Gasteiger partial charge is 0.0947 e. The van der Waals surface area contributed by atoms with E-state index in [2.05, 4.69) is 71.6 Å². The van der Waals surface area contributed by atoms with Crippen LogP contribution in [-0.2, 0) is 6.42 Å². The molecule has 7 heteroatoms. The quantitative estimate of drug-likeness (QED) is 0.517. The number of aryl methyl sites for hydroxylation is 2. The summed E-state index contributed by atoms with van der Waals surface area (Å²) in [5.41, 5.74) is 4.12. The Morgan fingerprint density at radius 2 is 1.88 bits per heavy atom. The van der Waals surface area contributed by atoms with Crippen molar-refractivity contribution in [3.8, 4) is 0 Å². The standard InChI is InChI=1S/C25H27N3S2.2ClH/c1-18-15-22-24(23-20(9-6-12-26-23)17-29-25(22)30-18)28-14-13-27(2)21(16-28)11-10-19-7-4-3-5-8-19;;/h3-9,12,15,17,21H,10-11,13-14,16H2,1-2H3;2*1H. The van der Waals surface area contributed by atoms with Gasteiger partial charge < -0.3 is 4.90 Å². The molecule has 2 aromatic heterocycles. The second kappa shape index (κ2) is 11.1. The molecule has 2 aliphatic rings. The summed E-state index contributed by atoms with van der Waals surface area (Å²) in [6, 6.07) is 18.0. The number of hydrogen-bond acceptors (Lipinski definition) is 5. The van der Waals surface area contributed by atoms with Gasteiger partial charge in [-0.25, -0.2) is 0 Å². The summed E-state index contributed by atoms with van der Waals surface area (Å²) in [6.07, 6.45) is 4.24. The molecule has 1 atom stereocenters. The van der Waals surface area contributed by atoms with E-state index in [1.54, 1.807) is 0 Å². The molecule has 0 radical (unpaired) electrons. The van der Waals surface area contributed by atoms with Gasteiger partial charge in [0.1, 0.15) is 0 Å². The molecule has 4 heterocycles. The molecule has 0 amide bonds. The minimum Gasteiger partial charge on any atom is -0.366 e. The number of thioether (sulfide) groups is 1. The van der Waals surface area contributed by atoms with Gasteiger partial charge in [0.2, 0.25) is 0 Å². The molecule has 1 unspecified atom stereocenters. The zero-order valence-electron chi connectivity index (χ0n) is 18.4. The molecule has 0 bridgehead atoms. The van der Waals surface area contributed by atoms with E-state index in [4.69, 9.17) is 4.98 Å². The summed E-state index contributed by atoms with van der Waals surface area (Å²) >= 11 is 3.74. The van der Waals surface area contributed by atoms with Gasteiger partial charge in [0.25, 0.3) is 0 Å². The summed E-state index contributed by atoms with van der Waals surface area (Å²) in [5, 5.41) is 4.64. The van der Waals surface area contributed by atoms with Crippen LogP contribution in [0.3, 0.4) is 0 Å². The van der Waals surface area contributed by atoms with Crippen LogP contribution < -0.4 is 10.6 Å². The SMILES string of the molecule is Cc1cc2c(s1)SC=c1cccnc1=C2N1CCN(C)C(CCc2ccccc2)C1.Cl.Cl. The Balaban J connectivity index is 0.00000144. The normalized spacial score (nSPS) is 17.9. The van der Waals surface area contributed by atoms with Crippen molar-refractivity contribution in [1.82, 2.24) is 14.8 Å². The van der Waals surface area contributed by atoms with Gasteiger partial charge in [0.15, 0.2) is 0 Å². The van der Waals surface area contributed by atoms with Crippen LogP contribution in [0.4, 0.5) is 0 Å². The second-order valence-electron chi connectivity index (χ2n) is 8.19. The molecule has 0 aliphatic carbocycles. The first-order valence-corrected chi connectivity index (χ1v) is 12.3. The van der Waals surface area contributed by atoms with Crippen LogP contribution in [0.2, 0.25) is 0 Å². The van der Waals surface area contributed by atoms with E-state index in [-0.39, 0.29) is 24.8 Å². The number of thiophene rings is 1. The Morgan fingerprint density at radius 1 is 1.06 bits per heavy atom. The molecule has 3 aromatic rings. The van der Waals surface area contributed by atoms with Gasteiger partial charge >= 0.3 is 0 Å². The molecule has 0 spiro atoms. The first-order valence-electron chi connectivity index (χ1n) is 10.6. The first-order chi connectivity index (χ1) is 14.7. The van der Waals surface area contributed by atoms with E-state index in [1.165, 1.54) is 37.5 Å². The van der Waals surface area contributed by atoms with Gasteiger partial charge in [-0.2, -0.15) is 0 Å². The van der Waals surface area contributed by atoms with Gasteiger partial charge in [-0.3, -0.25) is 9.88 Å². The van der Waals surface area contributed by atoms with E-state index in [0.717, 1.165) is 31.4 Å². The van der Waals surface area contributed by atoms with Crippen molar-refractivity contribution in [2.75, 3.05) is 26.7 Å². The molecule has 3 nitrogen and oxygen atoms in total. The summed E-state index contributed by atoms with van der Waals surface area (Å²) < 4.78 is 1.39. The molecular weight excluding hydrogens is 477 g/mol. The molecule has 1 aromatic carbocycles. The average molecular weight is 507 g/mol. The van der Waals surface area contributed by atoms with E-state index in [0.29, 0.717) is 6.04 Å². The van der Waals surface area contributed by atoms with Crippen molar-refractivity contribution in [2.45, 2.75) is 30.0 Å². The van der Waals surface area contributed by atoms with Gasteiger partial charge in [0, 0.05) is 47.5 Å². The lowest BCUT2D eigenvalue weighted by Gasteiger charge is -2.41. The van der Waals surface area contributed by atoms with Crippen LogP contribution in [0.1, 0.15) is 22.4 Å². The highest BCUT2D eigenvalue weighted by atomic mass is 35.5. The maximum atomic E-state index is 4.85. The zero-order valence-corrected chi connectivity index (χ0v) is 21.6.